The molecule has 1 aliphatic rings. The van der Waals surface area contributed by atoms with Crippen molar-refractivity contribution in [2.75, 3.05) is 63.6 Å². The SMILES string of the molecule is CN(C)CCOc1ccc2c(O)n(-c3nc(C(=O)Nc4ccccc4N4CCNCC4)cs3)cc2c1. The fraction of sp³-hybridized carbons (Fsp3) is 0.308. The number of aromatic nitrogens is 2. The van der Waals surface area contributed by atoms with Gasteiger partial charge in [0.2, 0.25) is 5.88 Å². The molecule has 10 heteroatoms. The van der Waals surface area contributed by atoms with Gasteiger partial charge < -0.3 is 30.3 Å². The van der Waals surface area contributed by atoms with E-state index in [1.165, 1.54) is 11.3 Å². The van der Waals surface area contributed by atoms with Gasteiger partial charge >= 0.3 is 0 Å². The summed E-state index contributed by atoms with van der Waals surface area (Å²) in [6.45, 7) is 4.99. The van der Waals surface area contributed by atoms with E-state index < -0.39 is 0 Å². The molecule has 0 saturated carbocycles. The van der Waals surface area contributed by atoms with Crippen molar-refractivity contribution in [3.8, 4) is 16.8 Å². The lowest BCUT2D eigenvalue weighted by atomic mass is 10.2. The van der Waals surface area contributed by atoms with E-state index in [0.717, 1.165) is 55.2 Å². The number of likely N-dealkylation sites (N-methyl/N-ethyl adjacent to an activating group) is 1. The summed E-state index contributed by atoms with van der Waals surface area (Å²) in [5.41, 5.74) is 2.06. The van der Waals surface area contributed by atoms with Crippen molar-refractivity contribution in [2.45, 2.75) is 0 Å². The van der Waals surface area contributed by atoms with Gasteiger partial charge in [-0.2, -0.15) is 0 Å². The van der Waals surface area contributed by atoms with Gasteiger partial charge in [-0.05, 0) is 44.4 Å². The van der Waals surface area contributed by atoms with Crippen LogP contribution in [0.4, 0.5) is 11.4 Å². The highest BCUT2D eigenvalue weighted by Crippen LogP contribution is 2.34. The molecule has 1 amide bonds. The zero-order valence-corrected chi connectivity index (χ0v) is 21.2. The molecular weight excluding hydrogens is 476 g/mol. The van der Waals surface area contributed by atoms with E-state index in [4.69, 9.17) is 4.74 Å². The molecule has 0 aliphatic carbocycles. The first kappa shape index (κ1) is 24.1. The maximum Gasteiger partial charge on any atom is 0.275 e. The molecule has 3 N–H and O–H groups in total. The molecule has 1 saturated heterocycles. The van der Waals surface area contributed by atoms with E-state index in [1.54, 1.807) is 9.95 Å². The summed E-state index contributed by atoms with van der Waals surface area (Å²) in [6, 6.07) is 13.4. The van der Waals surface area contributed by atoms with Crippen LogP contribution in [0.3, 0.4) is 0 Å². The number of ether oxygens (including phenoxy) is 1. The molecule has 4 aromatic rings. The largest absolute Gasteiger partial charge is 0.494 e. The molecule has 0 atom stereocenters. The second kappa shape index (κ2) is 10.6. The Morgan fingerprint density at radius 1 is 1.22 bits per heavy atom. The van der Waals surface area contributed by atoms with Crippen LogP contribution in [0.1, 0.15) is 10.5 Å². The van der Waals surface area contributed by atoms with Gasteiger partial charge in [0.25, 0.3) is 5.91 Å². The van der Waals surface area contributed by atoms with Gasteiger partial charge in [-0.3, -0.25) is 9.36 Å². The molecule has 0 bridgehead atoms. The predicted molar refractivity (Wildman–Crippen MR) is 144 cm³/mol. The molecule has 0 radical (unpaired) electrons. The van der Waals surface area contributed by atoms with Crippen LogP contribution in [0.15, 0.2) is 54.0 Å². The van der Waals surface area contributed by atoms with Crippen molar-refractivity contribution >= 4 is 39.4 Å². The van der Waals surface area contributed by atoms with Gasteiger partial charge in [-0.15, -0.1) is 11.3 Å². The number of aromatic hydroxyl groups is 1. The molecule has 0 spiro atoms. The Labute approximate surface area is 213 Å². The lowest BCUT2D eigenvalue weighted by molar-refractivity contribution is 0.102. The molecule has 1 aliphatic heterocycles. The number of benzene rings is 2. The van der Waals surface area contributed by atoms with E-state index in [0.29, 0.717) is 22.8 Å². The maximum atomic E-state index is 13.1. The quantitative estimate of drug-likeness (QED) is 0.337. The predicted octanol–water partition coefficient (Wildman–Crippen LogP) is 3.39. The van der Waals surface area contributed by atoms with E-state index in [2.05, 4.69) is 25.4 Å². The third kappa shape index (κ3) is 5.15. The molecule has 9 nitrogen and oxygen atoms in total. The number of carbonyl (C=O) groups excluding carboxylic acids is 1. The van der Waals surface area contributed by atoms with Crippen molar-refractivity contribution in [1.82, 2.24) is 19.8 Å². The molecule has 2 aromatic carbocycles. The molecule has 36 heavy (non-hydrogen) atoms. The van der Waals surface area contributed by atoms with E-state index >= 15 is 0 Å². The number of rotatable bonds is 8. The Bertz CT molecular complexity index is 1360. The fourth-order valence-electron chi connectivity index (χ4n) is 4.19. The summed E-state index contributed by atoms with van der Waals surface area (Å²) in [5.74, 6) is 0.534. The van der Waals surface area contributed by atoms with Gasteiger partial charge in [0, 0.05) is 55.1 Å². The number of piperazine rings is 1. The summed E-state index contributed by atoms with van der Waals surface area (Å²) in [7, 11) is 4.00. The van der Waals surface area contributed by atoms with Gasteiger partial charge in [0.1, 0.15) is 18.1 Å². The number of nitrogens with one attached hydrogen (secondary N) is 2. The zero-order valence-electron chi connectivity index (χ0n) is 20.4. The van der Waals surface area contributed by atoms with Crippen LogP contribution >= 0.6 is 11.3 Å². The van der Waals surface area contributed by atoms with Crippen LogP contribution in [0.25, 0.3) is 15.9 Å². The Balaban J connectivity index is 1.33. The van der Waals surface area contributed by atoms with Crippen molar-refractivity contribution in [3.63, 3.8) is 0 Å². The second-order valence-corrected chi connectivity index (χ2v) is 9.78. The molecule has 3 heterocycles. The van der Waals surface area contributed by atoms with Crippen molar-refractivity contribution < 1.29 is 14.6 Å². The monoisotopic (exact) mass is 506 g/mol. The van der Waals surface area contributed by atoms with Crippen molar-refractivity contribution in [2.24, 2.45) is 0 Å². The summed E-state index contributed by atoms with van der Waals surface area (Å²) in [5, 5.41) is 20.9. The third-order valence-corrected chi connectivity index (χ3v) is 6.95. The van der Waals surface area contributed by atoms with Crippen molar-refractivity contribution in [3.05, 3.63) is 59.7 Å². The minimum absolute atomic E-state index is 0.0789. The summed E-state index contributed by atoms with van der Waals surface area (Å²) in [4.78, 5) is 21.9. The number of nitrogens with zero attached hydrogens (tertiary/aromatic N) is 4. The summed E-state index contributed by atoms with van der Waals surface area (Å²) in [6.07, 6.45) is 1.81. The second-order valence-electron chi connectivity index (χ2n) is 8.95. The van der Waals surface area contributed by atoms with E-state index in [1.807, 2.05) is 62.8 Å². The highest BCUT2D eigenvalue weighted by molar-refractivity contribution is 7.12. The zero-order chi connectivity index (χ0) is 25.1. The first-order chi connectivity index (χ1) is 17.5. The molecular formula is C26H30N6O3S. The van der Waals surface area contributed by atoms with Gasteiger partial charge in [0.15, 0.2) is 5.13 Å². The smallest absolute Gasteiger partial charge is 0.275 e. The summed E-state index contributed by atoms with van der Waals surface area (Å²) >= 11 is 1.30. The first-order valence-electron chi connectivity index (χ1n) is 11.9. The molecule has 188 valence electrons. The number of fused-ring (bicyclic) bond motifs is 1. The number of para-hydroxylation sites is 2. The minimum atomic E-state index is -0.284. The van der Waals surface area contributed by atoms with Gasteiger partial charge in [-0.25, -0.2) is 4.98 Å². The number of anilines is 2. The number of hydrogen-bond donors (Lipinski definition) is 3. The summed E-state index contributed by atoms with van der Waals surface area (Å²) < 4.78 is 7.42. The molecule has 5 rings (SSSR count). The Kier molecular flexibility index (Phi) is 7.08. The van der Waals surface area contributed by atoms with Crippen LogP contribution in [0.5, 0.6) is 11.6 Å². The van der Waals surface area contributed by atoms with Crippen LogP contribution in [0.2, 0.25) is 0 Å². The number of thiazole rings is 1. The van der Waals surface area contributed by atoms with Crippen LogP contribution in [-0.2, 0) is 0 Å². The standard InChI is InChI=1S/C26H30N6O3S/c1-30(2)13-14-35-19-7-8-20-18(15-19)16-32(25(20)34)26-29-22(17-36-26)24(33)28-21-5-3-4-6-23(21)31-11-9-27-10-12-31/h3-8,15-17,27,34H,9-14H2,1-2H3,(H,28,33). The Hall–Kier alpha value is -3.60. The fourth-order valence-corrected chi connectivity index (χ4v) is 4.97. The third-order valence-electron chi connectivity index (χ3n) is 6.11. The van der Waals surface area contributed by atoms with E-state index in [9.17, 15) is 9.90 Å². The van der Waals surface area contributed by atoms with Gasteiger partial charge in [-0.1, -0.05) is 12.1 Å². The molecule has 1 fully saturated rings. The first-order valence-corrected chi connectivity index (χ1v) is 12.8. The van der Waals surface area contributed by atoms with E-state index in [-0.39, 0.29) is 11.8 Å². The normalized spacial score (nSPS) is 13.9. The molecule has 0 unspecified atom stereocenters. The highest BCUT2D eigenvalue weighted by Gasteiger charge is 2.19. The van der Waals surface area contributed by atoms with Crippen molar-refractivity contribution in [1.29, 1.82) is 0 Å². The Morgan fingerprint density at radius 3 is 2.83 bits per heavy atom. The average molecular weight is 507 g/mol. The highest BCUT2D eigenvalue weighted by atomic mass is 32.1. The number of hydrogen-bond acceptors (Lipinski definition) is 8. The molecule has 2 aromatic heterocycles. The van der Waals surface area contributed by atoms with Crippen LogP contribution in [-0.4, -0.2) is 78.9 Å². The minimum Gasteiger partial charge on any atom is -0.494 e. The van der Waals surface area contributed by atoms with Crippen LogP contribution < -0.4 is 20.3 Å². The lowest BCUT2D eigenvalue weighted by Crippen LogP contribution is -2.43. The maximum absolute atomic E-state index is 13.1. The number of carbonyl (C=O) groups is 1. The average Bonchev–Trinajstić information content (AvgIpc) is 3.50. The Morgan fingerprint density at radius 2 is 2.03 bits per heavy atom. The number of amides is 1. The van der Waals surface area contributed by atoms with Crippen LogP contribution in [0, 0.1) is 0 Å². The lowest BCUT2D eigenvalue weighted by Gasteiger charge is -2.31. The van der Waals surface area contributed by atoms with Gasteiger partial charge in [0.05, 0.1) is 11.4 Å². The topological polar surface area (TPSA) is 94.9 Å².